The third-order valence-corrected chi connectivity index (χ3v) is 3.77. The van der Waals surface area contributed by atoms with E-state index in [-0.39, 0.29) is 17.2 Å². The normalized spacial score (nSPS) is 11.2. The Balaban J connectivity index is 2.25. The molecule has 0 saturated carbocycles. The molecule has 0 unspecified atom stereocenters. The maximum absolute atomic E-state index is 11.7. The third-order valence-electron chi connectivity index (χ3n) is 3.77. The highest BCUT2D eigenvalue weighted by atomic mass is 16.3. The standard InChI is InChI=1S/C19H23NO4/c1-2-3-4-5-8-20-13-19(24)18(23)11-15(20)7-6-14-9-16(21)12-17(22)10-14/h6-7,9-13,21-22,24H,2-5,8H2,1H3/b7-6+. The van der Waals surface area contributed by atoms with E-state index in [4.69, 9.17) is 0 Å². The van der Waals surface area contributed by atoms with Gasteiger partial charge in [0.05, 0.1) is 6.20 Å². The van der Waals surface area contributed by atoms with Crippen LogP contribution in [0.3, 0.4) is 0 Å². The zero-order valence-electron chi connectivity index (χ0n) is 13.8. The molecule has 1 heterocycles. The van der Waals surface area contributed by atoms with Crippen molar-refractivity contribution in [2.24, 2.45) is 0 Å². The molecule has 0 aliphatic carbocycles. The fourth-order valence-corrected chi connectivity index (χ4v) is 2.52. The molecule has 0 bridgehead atoms. The molecule has 128 valence electrons. The van der Waals surface area contributed by atoms with Crippen molar-refractivity contribution < 1.29 is 15.3 Å². The Morgan fingerprint density at radius 3 is 2.33 bits per heavy atom. The molecule has 2 aromatic rings. The van der Waals surface area contributed by atoms with Gasteiger partial charge in [-0.15, -0.1) is 0 Å². The number of benzene rings is 1. The van der Waals surface area contributed by atoms with Gasteiger partial charge in [0.15, 0.2) is 5.75 Å². The number of hydrogen-bond acceptors (Lipinski definition) is 4. The van der Waals surface area contributed by atoms with Crippen LogP contribution in [0.2, 0.25) is 0 Å². The molecule has 0 aliphatic rings. The Morgan fingerprint density at radius 1 is 0.958 bits per heavy atom. The fourth-order valence-electron chi connectivity index (χ4n) is 2.52. The highest BCUT2D eigenvalue weighted by Gasteiger charge is 2.04. The maximum atomic E-state index is 11.7. The Hall–Kier alpha value is -2.69. The Kier molecular flexibility index (Phi) is 6.07. The van der Waals surface area contributed by atoms with Crippen molar-refractivity contribution >= 4 is 12.2 Å². The van der Waals surface area contributed by atoms with Gasteiger partial charge in [0.1, 0.15) is 11.5 Å². The zero-order chi connectivity index (χ0) is 17.5. The van der Waals surface area contributed by atoms with E-state index in [1.165, 1.54) is 30.5 Å². The van der Waals surface area contributed by atoms with Crippen molar-refractivity contribution in [2.45, 2.75) is 39.2 Å². The van der Waals surface area contributed by atoms with Crippen LogP contribution in [0.1, 0.15) is 43.9 Å². The minimum Gasteiger partial charge on any atom is -0.508 e. The second-order valence-electron chi connectivity index (χ2n) is 5.82. The smallest absolute Gasteiger partial charge is 0.223 e. The lowest BCUT2D eigenvalue weighted by Gasteiger charge is -2.11. The molecular formula is C19H23NO4. The van der Waals surface area contributed by atoms with E-state index in [2.05, 4.69) is 6.92 Å². The van der Waals surface area contributed by atoms with Crippen LogP contribution in [0.25, 0.3) is 12.2 Å². The van der Waals surface area contributed by atoms with Crippen LogP contribution < -0.4 is 5.43 Å². The molecule has 1 aromatic carbocycles. The van der Waals surface area contributed by atoms with E-state index in [0.717, 1.165) is 25.7 Å². The molecule has 0 radical (unpaired) electrons. The molecular weight excluding hydrogens is 306 g/mol. The number of unbranched alkanes of at least 4 members (excludes halogenated alkanes) is 3. The quantitative estimate of drug-likeness (QED) is 0.676. The minimum absolute atomic E-state index is 0.0303. The lowest BCUT2D eigenvalue weighted by Crippen LogP contribution is -2.10. The number of pyridine rings is 1. The molecule has 0 spiro atoms. The van der Waals surface area contributed by atoms with Crippen LogP contribution in [-0.4, -0.2) is 19.9 Å². The number of aryl methyl sites for hydroxylation is 1. The van der Waals surface area contributed by atoms with E-state index in [1.807, 2.05) is 4.57 Å². The Morgan fingerprint density at radius 2 is 1.67 bits per heavy atom. The summed E-state index contributed by atoms with van der Waals surface area (Å²) >= 11 is 0. The molecule has 0 fully saturated rings. The van der Waals surface area contributed by atoms with E-state index in [9.17, 15) is 20.1 Å². The van der Waals surface area contributed by atoms with Crippen molar-refractivity contribution in [1.82, 2.24) is 4.57 Å². The summed E-state index contributed by atoms with van der Waals surface area (Å²) in [6.45, 7) is 2.85. The van der Waals surface area contributed by atoms with Gasteiger partial charge in [-0.25, -0.2) is 0 Å². The van der Waals surface area contributed by atoms with Gasteiger partial charge in [0.2, 0.25) is 5.43 Å². The lowest BCUT2D eigenvalue weighted by molar-refractivity contribution is 0.450. The number of hydrogen-bond donors (Lipinski definition) is 3. The predicted octanol–water partition coefficient (Wildman–Crippen LogP) is 3.72. The summed E-state index contributed by atoms with van der Waals surface area (Å²) in [5.74, 6) is -0.327. The molecule has 0 aliphatic heterocycles. The number of aromatic nitrogens is 1. The van der Waals surface area contributed by atoms with Gasteiger partial charge in [-0.2, -0.15) is 0 Å². The molecule has 5 nitrogen and oxygen atoms in total. The van der Waals surface area contributed by atoms with Crippen molar-refractivity contribution in [3.05, 3.63) is 51.9 Å². The highest BCUT2D eigenvalue weighted by molar-refractivity contribution is 5.69. The van der Waals surface area contributed by atoms with Gasteiger partial charge in [-0.05, 0) is 30.2 Å². The summed E-state index contributed by atoms with van der Waals surface area (Å²) in [6, 6.07) is 5.66. The highest BCUT2D eigenvalue weighted by Crippen LogP contribution is 2.22. The first-order valence-corrected chi connectivity index (χ1v) is 8.14. The Labute approximate surface area is 141 Å². The van der Waals surface area contributed by atoms with Crippen LogP contribution in [0.5, 0.6) is 17.2 Å². The van der Waals surface area contributed by atoms with Crippen molar-refractivity contribution in [3.8, 4) is 17.2 Å². The Bertz CT molecular complexity index is 757. The largest absolute Gasteiger partial charge is 0.508 e. The van der Waals surface area contributed by atoms with E-state index in [0.29, 0.717) is 17.8 Å². The van der Waals surface area contributed by atoms with Crippen molar-refractivity contribution in [1.29, 1.82) is 0 Å². The molecule has 24 heavy (non-hydrogen) atoms. The molecule has 3 N–H and O–H groups in total. The maximum Gasteiger partial charge on any atom is 0.223 e. The van der Waals surface area contributed by atoms with Crippen LogP contribution in [0.4, 0.5) is 0 Å². The average Bonchev–Trinajstić information content (AvgIpc) is 2.52. The number of phenols is 2. The molecule has 0 saturated heterocycles. The second-order valence-corrected chi connectivity index (χ2v) is 5.82. The summed E-state index contributed by atoms with van der Waals surface area (Å²) in [6.07, 6.45) is 9.23. The van der Waals surface area contributed by atoms with Gasteiger partial charge < -0.3 is 19.9 Å². The summed E-state index contributed by atoms with van der Waals surface area (Å²) in [7, 11) is 0. The van der Waals surface area contributed by atoms with Gasteiger partial charge in [-0.3, -0.25) is 4.79 Å². The summed E-state index contributed by atoms with van der Waals surface area (Å²) in [5.41, 5.74) is 0.848. The number of aromatic hydroxyl groups is 3. The van der Waals surface area contributed by atoms with E-state index in [1.54, 1.807) is 12.2 Å². The van der Waals surface area contributed by atoms with Crippen molar-refractivity contribution in [2.75, 3.05) is 0 Å². The molecule has 0 amide bonds. The summed E-state index contributed by atoms with van der Waals surface area (Å²) in [4.78, 5) is 11.7. The second kappa shape index (κ2) is 8.24. The summed E-state index contributed by atoms with van der Waals surface area (Å²) in [5, 5.41) is 28.7. The lowest BCUT2D eigenvalue weighted by atomic mass is 10.1. The first kappa shape index (κ1) is 17.7. The van der Waals surface area contributed by atoms with Crippen LogP contribution in [0.15, 0.2) is 35.3 Å². The molecule has 2 rings (SSSR count). The summed E-state index contributed by atoms with van der Waals surface area (Å²) < 4.78 is 1.84. The van der Waals surface area contributed by atoms with Crippen LogP contribution in [-0.2, 0) is 6.54 Å². The van der Waals surface area contributed by atoms with E-state index >= 15 is 0 Å². The van der Waals surface area contributed by atoms with Gasteiger partial charge in [0, 0.05) is 24.4 Å². The number of nitrogens with zero attached hydrogens (tertiary/aromatic N) is 1. The van der Waals surface area contributed by atoms with Crippen LogP contribution >= 0.6 is 0 Å². The van der Waals surface area contributed by atoms with Gasteiger partial charge >= 0.3 is 0 Å². The minimum atomic E-state index is -0.432. The van der Waals surface area contributed by atoms with Crippen molar-refractivity contribution in [3.63, 3.8) is 0 Å². The predicted molar refractivity (Wildman–Crippen MR) is 95.2 cm³/mol. The third kappa shape index (κ3) is 4.91. The fraction of sp³-hybridized carbons (Fsp3) is 0.316. The van der Waals surface area contributed by atoms with E-state index < -0.39 is 5.43 Å². The molecule has 1 aromatic heterocycles. The number of rotatable bonds is 7. The molecule has 0 atom stereocenters. The van der Waals surface area contributed by atoms with Gasteiger partial charge in [0.25, 0.3) is 0 Å². The average molecular weight is 329 g/mol. The van der Waals surface area contributed by atoms with Crippen LogP contribution in [0, 0.1) is 0 Å². The SMILES string of the molecule is CCCCCCn1cc(O)c(=O)cc1/C=C/c1cc(O)cc(O)c1. The first-order chi connectivity index (χ1) is 11.5. The first-order valence-electron chi connectivity index (χ1n) is 8.14. The topological polar surface area (TPSA) is 82.7 Å². The molecule has 5 heteroatoms. The van der Waals surface area contributed by atoms with Gasteiger partial charge in [-0.1, -0.05) is 32.3 Å². The number of phenolic OH excluding ortho intramolecular Hbond substituents is 2. The zero-order valence-corrected chi connectivity index (χ0v) is 13.8. The monoisotopic (exact) mass is 329 g/mol.